The molecule has 0 aliphatic rings. The standard InChI is InChI=1S/C22H32O3/c1-2-3-15-18-21(23)19-16-13-11-9-7-5-4-6-8-10-12-14-17-20-22(24)25/h3,5-8,11,13,15-16,19H,2,4,9-10,12,14,17-18,20H2,1H3,(H,24,25)/b7-5-,8-6-,13-11-,15-3-,19-16+. The summed E-state index contributed by atoms with van der Waals surface area (Å²) in [6.07, 6.45) is 27.1. The molecular weight excluding hydrogens is 312 g/mol. The first-order chi connectivity index (χ1) is 12.2. The second kappa shape index (κ2) is 18.2. The SMILES string of the molecule is CC/C=C\CC(=O)/C=C/C=C\C/C=C\C/C=C\CCCCCC(=O)O. The molecule has 0 heterocycles. The van der Waals surface area contributed by atoms with E-state index >= 15 is 0 Å². The van der Waals surface area contributed by atoms with Gasteiger partial charge in [0.25, 0.3) is 0 Å². The van der Waals surface area contributed by atoms with E-state index in [0.717, 1.165) is 44.9 Å². The topological polar surface area (TPSA) is 54.4 Å². The van der Waals surface area contributed by atoms with Gasteiger partial charge in [0.2, 0.25) is 0 Å². The Kier molecular flexibility index (Phi) is 16.6. The molecule has 0 aromatic heterocycles. The largest absolute Gasteiger partial charge is 0.481 e. The molecule has 3 heteroatoms. The second-order valence-electron chi connectivity index (χ2n) is 5.74. The second-order valence-corrected chi connectivity index (χ2v) is 5.74. The Labute approximate surface area is 152 Å². The van der Waals surface area contributed by atoms with Crippen LogP contribution in [0.5, 0.6) is 0 Å². The van der Waals surface area contributed by atoms with Crippen LogP contribution < -0.4 is 0 Å². The van der Waals surface area contributed by atoms with Crippen LogP contribution in [0.2, 0.25) is 0 Å². The van der Waals surface area contributed by atoms with Crippen molar-refractivity contribution in [3.05, 3.63) is 60.8 Å². The number of allylic oxidation sites excluding steroid dienone is 10. The lowest BCUT2D eigenvalue weighted by Crippen LogP contribution is -1.93. The Balaban J connectivity index is 3.58. The Hall–Kier alpha value is -2.16. The number of aliphatic carboxylic acids is 1. The van der Waals surface area contributed by atoms with Gasteiger partial charge in [-0.3, -0.25) is 9.59 Å². The van der Waals surface area contributed by atoms with E-state index in [1.54, 1.807) is 12.2 Å². The molecule has 0 saturated carbocycles. The molecule has 1 N–H and O–H groups in total. The van der Waals surface area contributed by atoms with Crippen LogP contribution in [0.25, 0.3) is 0 Å². The minimum absolute atomic E-state index is 0.123. The third-order valence-electron chi connectivity index (χ3n) is 3.39. The van der Waals surface area contributed by atoms with E-state index in [0.29, 0.717) is 6.42 Å². The van der Waals surface area contributed by atoms with Gasteiger partial charge < -0.3 is 5.11 Å². The summed E-state index contributed by atoms with van der Waals surface area (Å²) in [5.74, 6) is -0.584. The summed E-state index contributed by atoms with van der Waals surface area (Å²) in [6, 6.07) is 0. The van der Waals surface area contributed by atoms with Crippen molar-refractivity contribution < 1.29 is 14.7 Å². The number of hydrogen-bond acceptors (Lipinski definition) is 2. The quantitative estimate of drug-likeness (QED) is 0.173. The summed E-state index contributed by atoms with van der Waals surface area (Å²) in [6.45, 7) is 2.05. The van der Waals surface area contributed by atoms with E-state index in [2.05, 4.69) is 24.3 Å². The minimum Gasteiger partial charge on any atom is -0.481 e. The number of carboxylic acids is 1. The summed E-state index contributed by atoms with van der Waals surface area (Å²) in [7, 11) is 0. The van der Waals surface area contributed by atoms with E-state index in [1.165, 1.54) is 0 Å². The molecule has 3 nitrogen and oxygen atoms in total. The summed E-state index contributed by atoms with van der Waals surface area (Å²) < 4.78 is 0. The lowest BCUT2D eigenvalue weighted by Gasteiger charge is -1.94. The number of ketones is 1. The van der Waals surface area contributed by atoms with E-state index in [9.17, 15) is 9.59 Å². The predicted molar refractivity (Wildman–Crippen MR) is 106 cm³/mol. The maximum Gasteiger partial charge on any atom is 0.303 e. The zero-order valence-corrected chi connectivity index (χ0v) is 15.4. The Morgan fingerprint density at radius 1 is 0.800 bits per heavy atom. The molecule has 0 radical (unpaired) electrons. The highest BCUT2D eigenvalue weighted by Crippen LogP contribution is 2.04. The first kappa shape index (κ1) is 22.8. The Bertz CT molecular complexity index is 493. The molecule has 0 saturated heterocycles. The fourth-order valence-corrected chi connectivity index (χ4v) is 2.03. The summed E-state index contributed by atoms with van der Waals surface area (Å²) in [5, 5.41) is 8.52. The molecule has 0 fully saturated rings. The van der Waals surface area contributed by atoms with Crippen LogP contribution in [-0.4, -0.2) is 16.9 Å². The van der Waals surface area contributed by atoms with Crippen molar-refractivity contribution in [1.29, 1.82) is 0 Å². The maximum atomic E-state index is 11.4. The van der Waals surface area contributed by atoms with Gasteiger partial charge in [0.05, 0.1) is 0 Å². The van der Waals surface area contributed by atoms with Gasteiger partial charge in [0, 0.05) is 12.8 Å². The van der Waals surface area contributed by atoms with Crippen LogP contribution in [0, 0.1) is 0 Å². The van der Waals surface area contributed by atoms with Gasteiger partial charge in [0.1, 0.15) is 0 Å². The molecule has 25 heavy (non-hydrogen) atoms. The van der Waals surface area contributed by atoms with Crippen molar-refractivity contribution in [2.24, 2.45) is 0 Å². The monoisotopic (exact) mass is 344 g/mol. The predicted octanol–water partition coefficient (Wildman–Crippen LogP) is 5.95. The highest BCUT2D eigenvalue weighted by Gasteiger charge is 1.94. The molecule has 0 aliphatic heterocycles. The number of carbonyl (C=O) groups excluding carboxylic acids is 1. The molecule has 0 bridgehead atoms. The van der Waals surface area contributed by atoms with Gasteiger partial charge in [-0.1, -0.05) is 68.0 Å². The van der Waals surface area contributed by atoms with Crippen LogP contribution >= 0.6 is 0 Å². The van der Waals surface area contributed by atoms with Crippen molar-refractivity contribution in [2.75, 3.05) is 0 Å². The number of carboxylic acid groups (broad SMARTS) is 1. The normalized spacial score (nSPS) is 12.5. The van der Waals surface area contributed by atoms with Crippen LogP contribution in [-0.2, 0) is 9.59 Å². The molecule has 0 aromatic carbocycles. The van der Waals surface area contributed by atoms with Crippen molar-refractivity contribution >= 4 is 11.8 Å². The van der Waals surface area contributed by atoms with Crippen molar-refractivity contribution in [3.63, 3.8) is 0 Å². The zero-order valence-electron chi connectivity index (χ0n) is 15.4. The summed E-state index contributed by atoms with van der Waals surface area (Å²) in [5.41, 5.74) is 0. The van der Waals surface area contributed by atoms with Crippen molar-refractivity contribution in [1.82, 2.24) is 0 Å². The molecule has 0 spiro atoms. The first-order valence-electron chi connectivity index (χ1n) is 9.19. The highest BCUT2D eigenvalue weighted by atomic mass is 16.4. The fourth-order valence-electron chi connectivity index (χ4n) is 2.03. The fraction of sp³-hybridized carbons (Fsp3) is 0.455. The third kappa shape index (κ3) is 19.8. The summed E-state index contributed by atoms with van der Waals surface area (Å²) >= 11 is 0. The molecule has 0 aromatic rings. The molecule has 0 amide bonds. The van der Waals surface area contributed by atoms with Gasteiger partial charge in [-0.15, -0.1) is 0 Å². The highest BCUT2D eigenvalue weighted by molar-refractivity contribution is 5.90. The average molecular weight is 344 g/mol. The first-order valence-corrected chi connectivity index (χ1v) is 9.19. The Morgan fingerprint density at radius 2 is 1.52 bits per heavy atom. The van der Waals surface area contributed by atoms with Gasteiger partial charge in [-0.25, -0.2) is 0 Å². The molecule has 0 aliphatic carbocycles. The van der Waals surface area contributed by atoms with Gasteiger partial charge >= 0.3 is 5.97 Å². The van der Waals surface area contributed by atoms with Crippen LogP contribution in [0.1, 0.15) is 64.7 Å². The van der Waals surface area contributed by atoms with Gasteiger partial charge in [0.15, 0.2) is 5.78 Å². The van der Waals surface area contributed by atoms with Crippen LogP contribution in [0.3, 0.4) is 0 Å². The molecular formula is C22H32O3. The van der Waals surface area contributed by atoms with Gasteiger partial charge in [-0.2, -0.15) is 0 Å². The molecule has 0 atom stereocenters. The van der Waals surface area contributed by atoms with E-state index < -0.39 is 5.97 Å². The van der Waals surface area contributed by atoms with Crippen LogP contribution in [0.15, 0.2) is 60.8 Å². The Morgan fingerprint density at radius 3 is 2.24 bits per heavy atom. The summed E-state index contributed by atoms with van der Waals surface area (Å²) in [4.78, 5) is 21.8. The van der Waals surface area contributed by atoms with E-state index in [4.69, 9.17) is 5.11 Å². The lowest BCUT2D eigenvalue weighted by molar-refractivity contribution is -0.137. The molecule has 138 valence electrons. The van der Waals surface area contributed by atoms with E-state index in [-0.39, 0.29) is 12.2 Å². The number of unbranched alkanes of at least 4 members (excludes halogenated alkanes) is 3. The van der Waals surface area contributed by atoms with Gasteiger partial charge in [-0.05, 0) is 44.6 Å². The van der Waals surface area contributed by atoms with Crippen molar-refractivity contribution in [3.8, 4) is 0 Å². The number of rotatable bonds is 15. The minimum atomic E-state index is -0.707. The average Bonchev–Trinajstić information content (AvgIpc) is 2.58. The molecule has 0 unspecified atom stereocenters. The lowest BCUT2D eigenvalue weighted by atomic mass is 10.1. The maximum absolute atomic E-state index is 11.4. The van der Waals surface area contributed by atoms with E-state index in [1.807, 2.05) is 31.2 Å². The van der Waals surface area contributed by atoms with Crippen molar-refractivity contribution in [2.45, 2.75) is 64.7 Å². The third-order valence-corrected chi connectivity index (χ3v) is 3.39. The zero-order chi connectivity index (χ0) is 18.6. The number of carbonyl (C=O) groups is 2. The number of hydrogen-bond donors (Lipinski definition) is 1. The smallest absolute Gasteiger partial charge is 0.303 e. The van der Waals surface area contributed by atoms with Crippen LogP contribution in [0.4, 0.5) is 0 Å². The molecule has 0 rings (SSSR count).